The Hall–Kier alpha value is -3.27. The van der Waals surface area contributed by atoms with Gasteiger partial charge in [0.1, 0.15) is 12.1 Å². The lowest BCUT2D eigenvalue weighted by Gasteiger charge is -2.34. The molecule has 306 valence electrons. The maximum absolute atomic E-state index is 14.0. The summed E-state index contributed by atoms with van der Waals surface area (Å²) in [7, 11) is 1.29. The molecule has 0 unspecified atom stereocenters. The molecule has 1 aliphatic heterocycles. The van der Waals surface area contributed by atoms with E-state index >= 15 is 0 Å². The number of nitrogens with one attached hydrogen (secondary N) is 2. The van der Waals surface area contributed by atoms with Gasteiger partial charge in [-0.05, 0) is 83.3 Å². The molecule has 10 nitrogen and oxygen atoms in total. The van der Waals surface area contributed by atoms with Crippen LogP contribution >= 0.6 is 0 Å². The fourth-order valence-corrected chi connectivity index (χ4v) is 7.29. The molecule has 3 amide bonds. The summed E-state index contributed by atoms with van der Waals surface area (Å²) in [4.78, 5) is 69.2. The van der Waals surface area contributed by atoms with Gasteiger partial charge >= 0.3 is 5.97 Å². The normalized spacial score (nSPS) is 16.5. The van der Waals surface area contributed by atoms with E-state index in [9.17, 15) is 24.0 Å². The standard InChI is InChI=1S/C44H73N3O7/c1-10-13-16-19-36(30-39(49)47-27-25-35(26-28-47)34-23-21-33(22-24-34)18-15-12-3)42(51)46-40(32(5)54-44(6,7)8)38(48)29-31(4)41(50)45-37(43(52)53-9)20-17-14-11-2/h21-24,31-32,35-37,40H,10-20,25-30H2,1-9H3,(H,45,50)(H,46,51)/t31-,32-,36-,37+,40+/m1/s1. The summed E-state index contributed by atoms with van der Waals surface area (Å²) in [6, 6.07) is 7.13. The quantitative estimate of drug-likeness (QED) is 0.0812. The Morgan fingerprint density at radius 3 is 1.94 bits per heavy atom. The number of ether oxygens (including phenoxy) is 2. The number of methoxy groups -OCH3 is 1. The number of unbranched alkanes of at least 4 members (excludes halogenated alkanes) is 5. The third-order valence-electron chi connectivity index (χ3n) is 10.6. The second kappa shape index (κ2) is 24.3. The van der Waals surface area contributed by atoms with Gasteiger partial charge in [-0.3, -0.25) is 19.2 Å². The van der Waals surface area contributed by atoms with E-state index in [4.69, 9.17) is 9.47 Å². The number of carbonyl (C=O) groups excluding carboxylic acids is 5. The number of Topliss-reactive ketones (excluding diaryl/α,β-unsaturated/α-hetero) is 1. The summed E-state index contributed by atoms with van der Waals surface area (Å²) in [5.74, 6) is -2.63. The van der Waals surface area contributed by atoms with Gasteiger partial charge < -0.3 is 25.0 Å². The van der Waals surface area contributed by atoms with Crippen LogP contribution in [0.1, 0.15) is 162 Å². The van der Waals surface area contributed by atoms with E-state index < -0.39 is 47.5 Å². The second-order valence-electron chi connectivity index (χ2n) is 16.5. The molecule has 1 fully saturated rings. The Morgan fingerprint density at radius 2 is 1.39 bits per heavy atom. The molecule has 0 saturated carbocycles. The number of benzene rings is 1. The van der Waals surface area contributed by atoms with E-state index in [0.29, 0.717) is 31.8 Å². The van der Waals surface area contributed by atoms with Gasteiger partial charge in [0.2, 0.25) is 17.7 Å². The fourth-order valence-electron chi connectivity index (χ4n) is 7.29. The summed E-state index contributed by atoms with van der Waals surface area (Å²) in [6.07, 6.45) is 10.8. The smallest absolute Gasteiger partial charge is 0.328 e. The predicted octanol–water partition coefficient (Wildman–Crippen LogP) is 7.84. The van der Waals surface area contributed by atoms with E-state index in [1.807, 2.05) is 25.7 Å². The van der Waals surface area contributed by atoms with Crippen molar-refractivity contribution < 1.29 is 33.4 Å². The summed E-state index contributed by atoms with van der Waals surface area (Å²) >= 11 is 0. The summed E-state index contributed by atoms with van der Waals surface area (Å²) in [5, 5.41) is 5.75. The Bertz CT molecular complexity index is 1300. The van der Waals surface area contributed by atoms with Crippen LogP contribution in [-0.4, -0.2) is 78.4 Å². The molecule has 0 radical (unpaired) electrons. The monoisotopic (exact) mass is 756 g/mol. The highest BCUT2D eigenvalue weighted by atomic mass is 16.5. The Kier molecular flexibility index (Phi) is 21.1. The van der Waals surface area contributed by atoms with E-state index in [0.717, 1.165) is 57.8 Å². The van der Waals surface area contributed by atoms with Gasteiger partial charge in [-0.25, -0.2) is 4.79 Å². The van der Waals surface area contributed by atoms with Crippen LogP contribution in [0.3, 0.4) is 0 Å². The third kappa shape index (κ3) is 16.6. The van der Waals surface area contributed by atoms with Crippen LogP contribution in [0.5, 0.6) is 0 Å². The van der Waals surface area contributed by atoms with Crippen molar-refractivity contribution in [1.29, 1.82) is 0 Å². The number of rotatable bonds is 24. The first-order valence-electron chi connectivity index (χ1n) is 20.9. The number of ketones is 1. The summed E-state index contributed by atoms with van der Waals surface area (Å²) < 4.78 is 11.1. The summed E-state index contributed by atoms with van der Waals surface area (Å²) in [6.45, 7) is 16.7. The maximum atomic E-state index is 14.0. The number of nitrogens with zero attached hydrogens (tertiary/aromatic N) is 1. The molecule has 1 aromatic rings. The first-order valence-corrected chi connectivity index (χ1v) is 20.9. The van der Waals surface area contributed by atoms with Crippen LogP contribution in [0.15, 0.2) is 24.3 Å². The molecular weight excluding hydrogens is 682 g/mol. The van der Waals surface area contributed by atoms with Crippen molar-refractivity contribution in [3.05, 3.63) is 35.4 Å². The molecule has 10 heteroatoms. The Labute approximate surface area is 326 Å². The first kappa shape index (κ1) is 46.9. The van der Waals surface area contributed by atoms with Crippen molar-refractivity contribution in [2.75, 3.05) is 20.2 Å². The SMILES string of the molecule is CCCCC[C@H](CC(=O)N1CCC(c2ccc(CCCC)cc2)CC1)C(=O)N[C@H](C(=O)C[C@@H](C)C(=O)N[C@@H](CCCCC)C(=O)OC)[C@@H](C)OC(C)(C)C. The largest absolute Gasteiger partial charge is 0.467 e. The van der Waals surface area contributed by atoms with E-state index in [1.165, 1.54) is 31.1 Å². The molecule has 0 aromatic heterocycles. The van der Waals surface area contributed by atoms with Crippen molar-refractivity contribution in [2.24, 2.45) is 11.8 Å². The number of aryl methyl sites for hydroxylation is 1. The van der Waals surface area contributed by atoms with Crippen LogP contribution in [-0.2, 0) is 39.9 Å². The van der Waals surface area contributed by atoms with Crippen LogP contribution in [0.4, 0.5) is 0 Å². The van der Waals surface area contributed by atoms with Gasteiger partial charge in [0, 0.05) is 37.8 Å². The second-order valence-corrected chi connectivity index (χ2v) is 16.5. The van der Waals surface area contributed by atoms with E-state index in [2.05, 4.69) is 55.7 Å². The lowest BCUT2D eigenvalue weighted by molar-refractivity contribution is -0.146. The number of carbonyl (C=O) groups is 5. The van der Waals surface area contributed by atoms with Crippen LogP contribution in [0, 0.1) is 11.8 Å². The van der Waals surface area contributed by atoms with Gasteiger partial charge in [-0.1, -0.05) is 96.9 Å². The molecule has 0 bridgehead atoms. The molecule has 1 aromatic carbocycles. The molecule has 2 N–H and O–H groups in total. The van der Waals surface area contributed by atoms with Gasteiger partial charge in [-0.2, -0.15) is 0 Å². The van der Waals surface area contributed by atoms with Crippen molar-refractivity contribution in [3.63, 3.8) is 0 Å². The van der Waals surface area contributed by atoms with Gasteiger partial charge in [0.15, 0.2) is 5.78 Å². The van der Waals surface area contributed by atoms with E-state index in [1.54, 1.807) is 13.8 Å². The van der Waals surface area contributed by atoms with Crippen LogP contribution in [0.2, 0.25) is 0 Å². The minimum Gasteiger partial charge on any atom is -0.467 e. The zero-order chi connectivity index (χ0) is 40.3. The van der Waals surface area contributed by atoms with Gasteiger partial charge in [0.25, 0.3) is 0 Å². The van der Waals surface area contributed by atoms with Gasteiger partial charge in [-0.15, -0.1) is 0 Å². The highest BCUT2D eigenvalue weighted by Gasteiger charge is 2.36. The first-order chi connectivity index (χ1) is 25.6. The lowest BCUT2D eigenvalue weighted by atomic mass is 9.88. The average Bonchev–Trinajstić information content (AvgIpc) is 3.14. The summed E-state index contributed by atoms with van der Waals surface area (Å²) in [5.41, 5.74) is 2.09. The highest BCUT2D eigenvalue weighted by Crippen LogP contribution is 2.30. The lowest BCUT2D eigenvalue weighted by Crippen LogP contribution is -2.53. The number of esters is 1. The zero-order valence-corrected chi connectivity index (χ0v) is 35.1. The maximum Gasteiger partial charge on any atom is 0.328 e. The molecule has 1 heterocycles. The van der Waals surface area contributed by atoms with Gasteiger partial charge in [0.05, 0.1) is 18.8 Å². The number of piperidine rings is 1. The molecule has 0 spiro atoms. The van der Waals surface area contributed by atoms with Crippen molar-refractivity contribution in [3.8, 4) is 0 Å². The number of likely N-dealkylation sites (tertiary alicyclic amines) is 1. The van der Waals surface area contributed by atoms with Crippen molar-refractivity contribution >= 4 is 29.5 Å². The molecule has 0 aliphatic carbocycles. The number of amides is 3. The van der Waals surface area contributed by atoms with Crippen LogP contribution in [0.25, 0.3) is 0 Å². The molecular formula is C44H73N3O7. The zero-order valence-electron chi connectivity index (χ0n) is 35.1. The Morgan fingerprint density at radius 1 is 0.796 bits per heavy atom. The molecule has 1 aliphatic rings. The minimum atomic E-state index is -1.03. The van der Waals surface area contributed by atoms with Crippen LogP contribution < -0.4 is 10.6 Å². The Balaban J connectivity index is 2.14. The molecule has 2 rings (SSSR count). The minimum absolute atomic E-state index is 0.0359. The fraction of sp³-hybridized carbons (Fsp3) is 0.750. The third-order valence-corrected chi connectivity index (χ3v) is 10.6. The predicted molar refractivity (Wildman–Crippen MR) is 215 cm³/mol. The highest BCUT2D eigenvalue weighted by molar-refractivity contribution is 5.94. The van der Waals surface area contributed by atoms with Crippen molar-refractivity contribution in [2.45, 2.75) is 181 Å². The van der Waals surface area contributed by atoms with E-state index in [-0.39, 0.29) is 30.4 Å². The number of hydrogen-bond donors (Lipinski definition) is 2. The molecule has 1 saturated heterocycles. The number of hydrogen-bond acceptors (Lipinski definition) is 7. The van der Waals surface area contributed by atoms with Crippen molar-refractivity contribution in [1.82, 2.24) is 15.5 Å². The average molecular weight is 756 g/mol. The topological polar surface area (TPSA) is 131 Å². The molecule has 5 atom stereocenters. The molecule has 54 heavy (non-hydrogen) atoms.